The molecule has 0 radical (unpaired) electrons. The average molecular weight is 295 g/mol. The van der Waals surface area contributed by atoms with Crippen molar-refractivity contribution >= 4 is 0 Å². The van der Waals surface area contributed by atoms with Gasteiger partial charge in [-0.1, -0.05) is 24.3 Å². The Morgan fingerprint density at radius 1 is 1.05 bits per heavy atom. The van der Waals surface area contributed by atoms with Gasteiger partial charge in [-0.3, -0.25) is 9.78 Å². The summed E-state index contributed by atoms with van der Waals surface area (Å²) in [7, 11) is 1.39. The van der Waals surface area contributed by atoms with Crippen molar-refractivity contribution in [2.75, 3.05) is 7.11 Å². The molecule has 1 N–H and O–H groups in total. The second-order valence-electron chi connectivity index (χ2n) is 4.38. The highest BCUT2D eigenvalue weighted by Gasteiger charge is 2.15. The van der Waals surface area contributed by atoms with E-state index in [9.17, 15) is 4.79 Å². The fraction of sp³-hybridized carbons (Fsp3) is 0.0625. The highest BCUT2D eigenvalue weighted by molar-refractivity contribution is 5.51. The molecule has 0 bridgehead atoms. The van der Waals surface area contributed by atoms with E-state index in [0.717, 1.165) is 0 Å². The Balaban J connectivity index is 2.07. The first kappa shape index (κ1) is 13.8. The first-order valence-electron chi connectivity index (χ1n) is 6.60. The van der Waals surface area contributed by atoms with Crippen LogP contribution in [-0.4, -0.2) is 22.1 Å². The monoisotopic (exact) mass is 295 g/mol. The van der Waals surface area contributed by atoms with Crippen LogP contribution in [0.1, 0.15) is 0 Å². The molecule has 0 saturated heterocycles. The maximum Gasteiger partial charge on any atom is 0.297 e. The number of ether oxygens (including phenoxy) is 2. The van der Waals surface area contributed by atoms with Gasteiger partial charge in [-0.25, -0.2) is 0 Å². The predicted octanol–water partition coefficient (Wildman–Crippen LogP) is 2.63. The first-order valence-corrected chi connectivity index (χ1v) is 6.60. The Kier molecular flexibility index (Phi) is 3.82. The molecule has 0 amide bonds. The minimum atomic E-state index is -0.427. The van der Waals surface area contributed by atoms with Crippen LogP contribution in [0.15, 0.2) is 59.5 Å². The molecule has 0 fully saturated rings. The van der Waals surface area contributed by atoms with Crippen LogP contribution in [-0.2, 0) is 0 Å². The van der Waals surface area contributed by atoms with Gasteiger partial charge in [0.1, 0.15) is 11.4 Å². The van der Waals surface area contributed by atoms with E-state index in [1.54, 1.807) is 30.5 Å². The van der Waals surface area contributed by atoms with Crippen LogP contribution in [0.4, 0.5) is 0 Å². The molecule has 3 rings (SSSR count). The summed E-state index contributed by atoms with van der Waals surface area (Å²) in [5.41, 5.74) is 0.115. The standard InChI is InChI=1S/C16H13N3O3/c1-21-13-15(20)18-14(12-9-5-6-10-17-12)19-16(13)22-11-7-3-2-4-8-11/h2-10H,1H3,(H,18,19,20). The molecule has 2 heterocycles. The molecule has 0 atom stereocenters. The van der Waals surface area contributed by atoms with Crippen molar-refractivity contribution in [1.82, 2.24) is 15.0 Å². The zero-order valence-electron chi connectivity index (χ0n) is 11.8. The van der Waals surface area contributed by atoms with Gasteiger partial charge in [0.2, 0.25) is 5.75 Å². The van der Waals surface area contributed by atoms with E-state index in [1.165, 1.54) is 7.11 Å². The number of para-hydroxylation sites is 1. The molecule has 0 aliphatic carbocycles. The minimum absolute atomic E-state index is 0.0172. The van der Waals surface area contributed by atoms with Gasteiger partial charge in [0.15, 0.2) is 5.82 Å². The van der Waals surface area contributed by atoms with Gasteiger partial charge in [-0.05, 0) is 24.3 Å². The number of pyridine rings is 1. The molecular formula is C16H13N3O3. The minimum Gasteiger partial charge on any atom is -0.487 e. The number of aromatic nitrogens is 3. The van der Waals surface area contributed by atoms with Crippen molar-refractivity contribution in [2.45, 2.75) is 0 Å². The number of hydrogen-bond donors (Lipinski definition) is 1. The third-order valence-corrected chi connectivity index (χ3v) is 2.92. The highest BCUT2D eigenvalue weighted by atomic mass is 16.5. The third-order valence-electron chi connectivity index (χ3n) is 2.92. The lowest BCUT2D eigenvalue weighted by molar-refractivity contribution is 0.363. The number of H-pyrrole nitrogens is 1. The second kappa shape index (κ2) is 6.09. The van der Waals surface area contributed by atoms with Gasteiger partial charge in [-0.15, -0.1) is 0 Å². The molecule has 22 heavy (non-hydrogen) atoms. The van der Waals surface area contributed by atoms with Crippen molar-refractivity contribution in [1.29, 1.82) is 0 Å². The largest absolute Gasteiger partial charge is 0.487 e. The number of aromatic amines is 1. The van der Waals surface area contributed by atoms with Crippen LogP contribution in [0.2, 0.25) is 0 Å². The molecule has 2 aromatic heterocycles. The van der Waals surface area contributed by atoms with E-state index in [2.05, 4.69) is 15.0 Å². The summed E-state index contributed by atoms with van der Waals surface area (Å²) >= 11 is 0. The van der Waals surface area contributed by atoms with E-state index < -0.39 is 5.56 Å². The SMILES string of the molecule is COc1c(Oc2ccccc2)nc(-c2ccccn2)[nH]c1=O. The average Bonchev–Trinajstić information content (AvgIpc) is 2.56. The van der Waals surface area contributed by atoms with Crippen LogP contribution in [0, 0.1) is 0 Å². The van der Waals surface area contributed by atoms with E-state index in [1.807, 2.05) is 24.3 Å². The Morgan fingerprint density at radius 2 is 1.82 bits per heavy atom. The Morgan fingerprint density at radius 3 is 2.50 bits per heavy atom. The topological polar surface area (TPSA) is 77.1 Å². The van der Waals surface area contributed by atoms with Gasteiger partial charge in [0.05, 0.1) is 7.11 Å². The van der Waals surface area contributed by atoms with Crippen LogP contribution in [0.3, 0.4) is 0 Å². The summed E-state index contributed by atoms with van der Waals surface area (Å²) in [4.78, 5) is 23.2. The summed E-state index contributed by atoms with van der Waals surface area (Å²) < 4.78 is 10.7. The summed E-state index contributed by atoms with van der Waals surface area (Å²) in [5.74, 6) is 0.991. The summed E-state index contributed by atoms with van der Waals surface area (Å²) in [6.07, 6.45) is 1.62. The third kappa shape index (κ3) is 2.80. The number of nitrogens with one attached hydrogen (secondary N) is 1. The van der Waals surface area contributed by atoms with Gasteiger partial charge in [-0.2, -0.15) is 4.98 Å². The molecule has 0 aliphatic heterocycles. The fourth-order valence-electron chi connectivity index (χ4n) is 1.92. The normalized spacial score (nSPS) is 10.2. The van der Waals surface area contributed by atoms with Crippen LogP contribution in [0.5, 0.6) is 17.4 Å². The summed E-state index contributed by atoms with van der Waals surface area (Å²) in [6, 6.07) is 14.4. The zero-order chi connectivity index (χ0) is 15.4. The van der Waals surface area contributed by atoms with Gasteiger partial charge in [0, 0.05) is 6.20 Å². The fourth-order valence-corrected chi connectivity index (χ4v) is 1.92. The van der Waals surface area contributed by atoms with E-state index in [4.69, 9.17) is 9.47 Å². The van der Waals surface area contributed by atoms with Gasteiger partial charge < -0.3 is 14.5 Å². The molecule has 6 nitrogen and oxygen atoms in total. The second-order valence-corrected chi connectivity index (χ2v) is 4.38. The van der Waals surface area contributed by atoms with Crippen molar-refractivity contribution in [3.8, 4) is 28.9 Å². The van der Waals surface area contributed by atoms with Crippen molar-refractivity contribution < 1.29 is 9.47 Å². The first-order chi connectivity index (χ1) is 10.8. The van der Waals surface area contributed by atoms with E-state index >= 15 is 0 Å². The van der Waals surface area contributed by atoms with Crippen molar-refractivity contribution in [3.05, 3.63) is 65.1 Å². The van der Waals surface area contributed by atoms with Gasteiger partial charge in [0.25, 0.3) is 11.4 Å². The number of nitrogens with zero attached hydrogens (tertiary/aromatic N) is 2. The molecule has 110 valence electrons. The molecule has 0 spiro atoms. The number of benzene rings is 1. The molecule has 0 saturated carbocycles. The Labute approximate surface area is 126 Å². The molecule has 3 aromatic rings. The molecule has 6 heteroatoms. The van der Waals surface area contributed by atoms with E-state index in [0.29, 0.717) is 17.3 Å². The Bertz CT molecular complexity index is 817. The lowest BCUT2D eigenvalue weighted by atomic mass is 10.3. The van der Waals surface area contributed by atoms with Crippen molar-refractivity contribution in [2.24, 2.45) is 0 Å². The lowest BCUT2D eigenvalue weighted by Crippen LogP contribution is -2.13. The van der Waals surface area contributed by atoms with Crippen LogP contribution >= 0.6 is 0 Å². The smallest absolute Gasteiger partial charge is 0.297 e. The Hall–Kier alpha value is -3.15. The van der Waals surface area contributed by atoms with Crippen LogP contribution < -0.4 is 15.0 Å². The maximum atomic E-state index is 12.1. The molecule has 0 unspecified atom stereocenters. The van der Waals surface area contributed by atoms with Gasteiger partial charge >= 0.3 is 0 Å². The van der Waals surface area contributed by atoms with Crippen molar-refractivity contribution in [3.63, 3.8) is 0 Å². The molecule has 0 aliphatic rings. The molecular weight excluding hydrogens is 282 g/mol. The summed E-state index contributed by atoms with van der Waals surface area (Å²) in [6.45, 7) is 0. The predicted molar refractivity (Wildman–Crippen MR) is 81.2 cm³/mol. The maximum absolute atomic E-state index is 12.1. The zero-order valence-corrected chi connectivity index (χ0v) is 11.8. The van der Waals surface area contributed by atoms with Crippen LogP contribution in [0.25, 0.3) is 11.5 Å². The summed E-state index contributed by atoms with van der Waals surface area (Å²) in [5, 5.41) is 0. The highest BCUT2D eigenvalue weighted by Crippen LogP contribution is 2.27. The molecule has 1 aromatic carbocycles. The quantitative estimate of drug-likeness (QED) is 0.800. The number of methoxy groups -OCH3 is 1. The lowest BCUT2D eigenvalue weighted by Gasteiger charge is -2.10. The number of rotatable bonds is 4. The number of hydrogen-bond acceptors (Lipinski definition) is 5. The van der Waals surface area contributed by atoms with E-state index in [-0.39, 0.29) is 11.6 Å².